The molecule has 160 valence electrons. The standard InChI is InChI=1S/C22H27ClN4O3/c1-15(2)14-27-21(23)19(16(3)25-27)7-8-20(28)24-18-6-4-5-17(13-18)22(29)26-9-11-30-12-10-26/h4-8,13,15H,9-12,14H2,1-3H3,(H,24,28). The summed E-state index contributed by atoms with van der Waals surface area (Å²) in [5.41, 5.74) is 2.58. The minimum Gasteiger partial charge on any atom is -0.378 e. The Kier molecular flexibility index (Phi) is 7.29. The first kappa shape index (κ1) is 22.1. The number of rotatable bonds is 6. The molecule has 30 heavy (non-hydrogen) atoms. The number of benzene rings is 1. The second-order valence-corrected chi connectivity index (χ2v) is 8.03. The van der Waals surface area contributed by atoms with Crippen molar-refractivity contribution in [1.82, 2.24) is 14.7 Å². The molecule has 0 unspecified atom stereocenters. The molecule has 8 heteroatoms. The summed E-state index contributed by atoms with van der Waals surface area (Å²) in [5.74, 6) is 0.0392. The summed E-state index contributed by atoms with van der Waals surface area (Å²) < 4.78 is 7.04. The first-order valence-corrected chi connectivity index (χ1v) is 10.4. The summed E-state index contributed by atoms with van der Waals surface area (Å²) in [7, 11) is 0. The topological polar surface area (TPSA) is 76.5 Å². The molecule has 1 N–H and O–H groups in total. The van der Waals surface area contributed by atoms with Crippen LogP contribution in [0.3, 0.4) is 0 Å². The fourth-order valence-corrected chi connectivity index (χ4v) is 3.55. The Labute approximate surface area is 181 Å². The van der Waals surface area contributed by atoms with Crippen molar-refractivity contribution in [3.05, 3.63) is 52.3 Å². The van der Waals surface area contributed by atoms with Crippen molar-refractivity contribution in [2.24, 2.45) is 5.92 Å². The molecule has 0 saturated carbocycles. The first-order chi connectivity index (χ1) is 14.3. The maximum absolute atomic E-state index is 12.6. The van der Waals surface area contributed by atoms with E-state index in [1.165, 1.54) is 6.08 Å². The normalized spacial score (nSPS) is 14.5. The van der Waals surface area contributed by atoms with Gasteiger partial charge in [0.15, 0.2) is 0 Å². The van der Waals surface area contributed by atoms with Gasteiger partial charge in [-0.3, -0.25) is 14.3 Å². The lowest BCUT2D eigenvalue weighted by Gasteiger charge is -2.27. The lowest BCUT2D eigenvalue weighted by molar-refractivity contribution is -0.111. The van der Waals surface area contributed by atoms with Crippen LogP contribution in [0.25, 0.3) is 6.08 Å². The maximum atomic E-state index is 12.6. The number of nitrogens with one attached hydrogen (secondary N) is 1. The molecule has 0 atom stereocenters. The average Bonchev–Trinajstić information content (AvgIpc) is 2.98. The van der Waals surface area contributed by atoms with Crippen LogP contribution in [-0.2, 0) is 16.1 Å². The molecule has 0 spiro atoms. The van der Waals surface area contributed by atoms with E-state index >= 15 is 0 Å². The Morgan fingerprint density at radius 3 is 2.73 bits per heavy atom. The number of anilines is 1. The van der Waals surface area contributed by atoms with Crippen molar-refractivity contribution in [3.8, 4) is 0 Å². The van der Waals surface area contributed by atoms with Gasteiger partial charge in [0.2, 0.25) is 5.91 Å². The zero-order chi connectivity index (χ0) is 21.7. The molecule has 1 aliphatic rings. The summed E-state index contributed by atoms with van der Waals surface area (Å²) in [4.78, 5) is 26.8. The number of hydrogen-bond donors (Lipinski definition) is 1. The lowest BCUT2D eigenvalue weighted by Crippen LogP contribution is -2.40. The van der Waals surface area contributed by atoms with E-state index in [-0.39, 0.29) is 11.8 Å². The summed E-state index contributed by atoms with van der Waals surface area (Å²) in [6.07, 6.45) is 3.09. The number of hydrogen-bond acceptors (Lipinski definition) is 4. The van der Waals surface area contributed by atoms with Crippen molar-refractivity contribution in [2.75, 3.05) is 31.6 Å². The number of amides is 2. The van der Waals surface area contributed by atoms with E-state index in [1.54, 1.807) is 39.9 Å². The Hall–Kier alpha value is -2.64. The van der Waals surface area contributed by atoms with Gasteiger partial charge in [-0.1, -0.05) is 31.5 Å². The zero-order valence-corrected chi connectivity index (χ0v) is 18.3. The molecule has 0 radical (unpaired) electrons. The Morgan fingerprint density at radius 1 is 1.30 bits per heavy atom. The second-order valence-electron chi connectivity index (χ2n) is 7.67. The number of morpholine rings is 1. The molecule has 3 rings (SSSR count). The van der Waals surface area contributed by atoms with Crippen LogP contribution < -0.4 is 5.32 Å². The molecule has 1 aromatic carbocycles. The van der Waals surface area contributed by atoms with Gasteiger partial charge in [0, 0.05) is 42.5 Å². The molecule has 0 bridgehead atoms. The van der Waals surface area contributed by atoms with E-state index in [2.05, 4.69) is 24.3 Å². The monoisotopic (exact) mass is 430 g/mol. The summed E-state index contributed by atoms with van der Waals surface area (Å²) in [5, 5.41) is 7.75. The number of ether oxygens (including phenoxy) is 1. The molecular formula is C22H27ClN4O3. The van der Waals surface area contributed by atoms with Gasteiger partial charge < -0.3 is 15.0 Å². The minimum atomic E-state index is -0.307. The number of aromatic nitrogens is 2. The number of halogens is 1. The lowest BCUT2D eigenvalue weighted by atomic mass is 10.1. The Bertz CT molecular complexity index is 946. The molecule has 1 aliphatic heterocycles. The van der Waals surface area contributed by atoms with Crippen molar-refractivity contribution >= 4 is 35.2 Å². The third-order valence-corrected chi connectivity index (χ3v) is 5.12. The van der Waals surface area contributed by atoms with E-state index < -0.39 is 0 Å². The number of carbonyl (C=O) groups is 2. The predicted octanol–water partition coefficient (Wildman–Crippen LogP) is 3.63. The molecule has 1 aromatic heterocycles. The van der Waals surface area contributed by atoms with Crippen LogP contribution in [0.5, 0.6) is 0 Å². The molecule has 7 nitrogen and oxygen atoms in total. The van der Waals surface area contributed by atoms with Gasteiger partial charge in [-0.25, -0.2) is 0 Å². The summed E-state index contributed by atoms with van der Waals surface area (Å²) >= 11 is 6.41. The predicted molar refractivity (Wildman–Crippen MR) is 118 cm³/mol. The SMILES string of the molecule is Cc1nn(CC(C)C)c(Cl)c1C=CC(=O)Nc1cccc(C(=O)N2CCOCC2)c1. The summed E-state index contributed by atoms with van der Waals surface area (Å²) in [6.45, 7) is 8.99. The molecular weight excluding hydrogens is 404 g/mol. The van der Waals surface area contributed by atoms with Crippen LogP contribution >= 0.6 is 11.6 Å². The van der Waals surface area contributed by atoms with Gasteiger partial charge in [-0.15, -0.1) is 0 Å². The smallest absolute Gasteiger partial charge is 0.254 e. The Morgan fingerprint density at radius 2 is 2.03 bits per heavy atom. The highest BCUT2D eigenvalue weighted by atomic mass is 35.5. The van der Waals surface area contributed by atoms with Gasteiger partial charge >= 0.3 is 0 Å². The first-order valence-electron chi connectivity index (χ1n) is 10.0. The largest absolute Gasteiger partial charge is 0.378 e. The summed E-state index contributed by atoms with van der Waals surface area (Å²) in [6, 6.07) is 6.93. The van der Waals surface area contributed by atoms with E-state index in [1.807, 2.05) is 6.92 Å². The van der Waals surface area contributed by atoms with Crippen molar-refractivity contribution < 1.29 is 14.3 Å². The Balaban J connectivity index is 1.67. The maximum Gasteiger partial charge on any atom is 0.254 e. The molecule has 1 saturated heterocycles. The molecule has 2 amide bonds. The van der Waals surface area contributed by atoms with Crippen LogP contribution in [0.1, 0.15) is 35.5 Å². The van der Waals surface area contributed by atoms with Gasteiger partial charge in [0.25, 0.3) is 5.91 Å². The highest BCUT2D eigenvalue weighted by Crippen LogP contribution is 2.22. The van der Waals surface area contributed by atoms with Gasteiger partial charge in [-0.05, 0) is 37.1 Å². The number of carbonyl (C=O) groups excluding carboxylic acids is 2. The van der Waals surface area contributed by atoms with Crippen molar-refractivity contribution in [3.63, 3.8) is 0 Å². The fourth-order valence-electron chi connectivity index (χ4n) is 3.25. The highest BCUT2D eigenvalue weighted by molar-refractivity contribution is 6.31. The van der Waals surface area contributed by atoms with E-state index in [0.29, 0.717) is 55.2 Å². The van der Waals surface area contributed by atoms with Crippen LogP contribution in [0.15, 0.2) is 30.3 Å². The highest BCUT2D eigenvalue weighted by Gasteiger charge is 2.19. The van der Waals surface area contributed by atoms with Crippen LogP contribution in [0, 0.1) is 12.8 Å². The molecule has 2 aromatic rings. The minimum absolute atomic E-state index is 0.0649. The van der Waals surface area contributed by atoms with Gasteiger partial charge in [0.1, 0.15) is 5.15 Å². The van der Waals surface area contributed by atoms with Crippen molar-refractivity contribution in [2.45, 2.75) is 27.3 Å². The molecule has 1 fully saturated rings. The average molecular weight is 431 g/mol. The number of aryl methyl sites for hydroxylation is 1. The van der Waals surface area contributed by atoms with E-state index in [9.17, 15) is 9.59 Å². The quantitative estimate of drug-likeness (QED) is 0.710. The van der Waals surface area contributed by atoms with Gasteiger partial charge in [-0.2, -0.15) is 5.10 Å². The van der Waals surface area contributed by atoms with Crippen LogP contribution in [0.4, 0.5) is 5.69 Å². The van der Waals surface area contributed by atoms with E-state index in [0.717, 1.165) is 11.3 Å². The fraction of sp³-hybridized carbons (Fsp3) is 0.409. The number of nitrogens with zero attached hydrogens (tertiary/aromatic N) is 3. The van der Waals surface area contributed by atoms with Gasteiger partial charge in [0.05, 0.1) is 18.9 Å². The third-order valence-electron chi connectivity index (χ3n) is 4.72. The molecule has 0 aliphatic carbocycles. The second kappa shape index (κ2) is 9.91. The van der Waals surface area contributed by atoms with E-state index in [4.69, 9.17) is 16.3 Å². The van der Waals surface area contributed by atoms with Crippen molar-refractivity contribution in [1.29, 1.82) is 0 Å². The van der Waals surface area contributed by atoms with Crippen LogP contribution in [0.2, 0.25) is 5.15 Å². The van der Waals surface area contributed by atoms with Crippen LogP contribution in [-0.4, -0.2) is 52.8 Å². The zero-order valence-electron chi connectivity index (χ0n) is 17.5. The third kappa shape index (κ3) is 5.49. The molecule has 2 heterocycles.